The SMILES string of the molecule is Cc1noc2nc(C(C)C)cc(C(=O)N3CCN(Cc4ccc(C(N)=O)cc4)CC3)c12. The molecule has 0 spiro atoms. The van der Waals surface area contributed by atoms with Crippen molar-refractivity contribution < 1.29 is 14.1 Å². The molecule has 8 heteroatoms. The third-order valence-corrected chi connectivity index (χ3v) is 5.76. The van der Waals surface area contributed by atoms with Crippen LogP contribution in [-0.2, 0) is 6.54 Å². The lowest BCUT2D eigenvalue weighted by Gasteiger charge is -2.35. The van der Waals surface area contributed by atoms with E-state index in [0.717, 1.165) is 30.9 Å². The van der Waals surface area contributed by atoms with Gasteiger partial charge in [0.2, 0.25) is 5.91 Å². The molecule has 0 unspecified atom stereocenters. The van der Waals surface area contributed by atoms with Gasteiger partial charge in [-0.15, -0.1) is 0 Å². The summed E-state index contributed by atoms with van der Waals surface area (Å²) in [4.78, 5) is 33.3. The molecule has 0 bridgehead atoms. The van der Waals surface area contributed by atoms with Crippen LogP contribution in [0.15, 0.2) is 34.9 Å². The van der Waals surface area contributed by atoms with Crippen molar-refractivity contribution in [2.75, 3.05) is 26.2 Å². The van der Waals surface area contributed by atoms with Crippen LogP contribution >= 0.6 is 0 Å². The summed E-state index contributed by atoms with van der Waals surface area (Å²) in [5, 5.41) is 4.72. The van der Waals surface area contributed by atoms with Gasteiger partial charge in [-0.2, -0.15) is 0 Å². The normalized spacial score (nSPS) is 15.0. The monoisotopic (exact) mass is 421 g/mol. The Labute approximate surface area is 181 Å². The molecule has 162 valence electrons. The largest absolute Gasteiger partial charge is 0.366 e. The molecule has 0 radical (unpaired) electrons. The van der Waals surface area contributed by atoms with Crippen LogP contribution in [0.1, 0.15) is 57.4 Å². The van der Waals surface area contributed by atoms with E-state index in [1.54, 1.807) is 12.1 Å². The van der Waals surface area contributed by atoms with Crippen LogP contribution < -0.4 is 5.73 Å². The molecule has 1 aromatic carbocycles. The smallest absolute Gasteiger partial charge is 0.259 e. The summed E-state index contributed by atoms with van der Waals surface area (Å²) in [7, 11) is 0. The number of nitrogens with zero attached hydrogens (tertiary/aromatic N) is 4. The van der Waals surface area contributed by atoms with Crippen molar-refractivity contribution in [1.29, 1.82) is 0 Å². The molecule has 1 aliphatic rings. The average molecular weight is 422 g/mol. The van der Waals surface area contributed by atoms with Crippen LogP contribution in [0.2, 0.25) is 0 Å². The maximum Gasteiger partial charge on any atom is 0.259 e. The summed E-state index contributed by atoms with van der Waals surface area (Å²) in [5.74, 6) is -0.252. The molecular formula is C23H27N5O3. The second-order valence-corrected chi connectivity index (χ2v) is 8.33. The summed E-state index contributed by atoms with van der Waals surface area (Å²) in [6, 6.07) is 9.23. The first-order valence-electron chi connectivity index (χ1n) is 10.5. The number of aromatic nitrogens is 2. The maximum absolute atomic E-state index is 13.4. The van der Waals surface area contributed by atoms with Crippen molar-refractivity contribution in [2.45, 2.75) is 33.2 Å². The number of hydrogen-bond donors (Lipinski definition) is 1. The van der Waals surface area contributed by atoms with Crippen LogP contribution in [0.4, 0.5) is 0 Å². The second-order valence-electron chi connectivity index (χ2n) is 8.33. The molecule has 8 nitrogen and oxygen atoms in total. The lowest BCUT2D eigenvalue weighted by molar-refractivity contribution is 0.0630. The van der Waals surface area contributed by atoms with Gasteiger partial charge in [0, 0.05) is 44.0 Å². The van der Waals surface area contributed by atoms with E-state index >= 15 is 0 Å². The Balaban J connectivity index is 1.46. The van der Waals surface area contributed by atoms with Crippen molar-refractivity contribution in [2.24, 2.45) is 5.73 Å². The fraction of sp³-hybridized carbons (Fsp3) is 0.391. The van der Waals surface area contributed by atoms with E-state index in [4.69, 9.17) is 10.3 Å². The van der Waals surface area contributed by atoms with Crippen molar-refractivity contribution >= 4 is 22.9 Å². The van der Waals surface area contributed by atoms with Gasteiger partial charge in [-0.05, 0) is 36.6 Å². The van der Waals surface area contributed by atoms with Gasteiger partial charge in [-0.1, -0.05) is 31.1 Å². The lowest BCUT2D eigenvalue weighted by Crippen LogP contribution is -2.48. The number of carbonyl (C=O) groups excluding carboxylic acids is 2. The summed E-state index contributed by atoms with van der Waals surface area (Å²) < 4.78 is 5.36. The number of pyridine rings is 1. The van der Waals surface area contributed by atoms with Gasteiger partial charge in [-0.3, -0.25) is 14.5 Å². The zero-order chi connectivity index (χ0) is 22.1. The Morgan fingerprint density at radius 1 is 1.13 bits per heavy atom. The van der Waals surface area contributed by atoms with E-state index in [1.807, 2.05) is 43.9 Å². The Morgan fingerprint density at radius 2 is 1.81 bits per heavy atom. The molecule has 1 fully saturated rings. The minimum absolute atomic E-state index is 0.00828. The van der Waals surface area contributed by atoms with E-state index in [2.05, 4.69) is 15.0 Å². The zero-order valence-electron chi connectivity index (χ0n) is 18.1. The van der Waals surface area contributed by atoms with Crippen molar-refractivity contribution in [3.8, 4) is 0 Å². The van der Waals surface area contributed by atoms with Crippen molar-refractivity contribution in [3.63, 3.8) is 0 Å². The van der Waals surface area contributed by atoms with E-state index in [-0.39, 0.29) is 11.8 Å². The molecule has 2 amide bonds. The number of piperazine rings is 1. The maximum atomic E-state index is 13.4. The third-order valence-electron chi connectivity index (χ3n) is 5.76. The van der Waals surface area contributed by atoms with Gasteiger partial charge in [-0.25, -0.2) is 4.98 Å². The van der Waals surface area contributed by atoms with E-state index in [0.29, 0.717) is 41.0 Å². The Morgan fingerprint density at radius 3 is 2.42 bits per heavy atom. The summed E-state index contributed by atoms with van der Waals surface area (Å²) in [6.45, 7) is 9.52. The molecular weight excluding hydrogens is 394 g/mol. The number of carbonyl (C=O) groups is 2. The number of hydrogen-bond acceptors (Lipinski definition) is 6. The van der Waals surface area contributed by atoms with E-state index in [1.165, 1.54) is 0 Å². The fourth-order valence-electron chi connectivity index (χ4n) is 3.89. The van der Waals surface area contributed by atoms with Crippen molar-refractivity contribution in [3.05, 3.63) is 58.4 Å². The number of rotatable bonds is 5. The third kappa shape index (κ3) is 4.29. The highest BCUT2D eigenvalue weighted by atomic mass is 16.5. The predicted molar refractivity (Wildman–Crippen MR) is 117 cm³/mol. The molecule has 1 saturated heterocycles. The average Bonchev–Trinajstić information content (AvgIpc) is 3.14. The molecule has 4 rings (SSSR count). The Bertz CT molecular complexity index is 1110. The zero-order valence-corrected chi connectivity index (χ0v) is 18.1. The molecule has 3 aromatic rings. The molecule has 2 aromatic heterocycles. The van der Waals surface area contributed by atoms with Crippen molar-refractivity contribution in [1.82, 2.24) is 19.9 Å². The summed E-state index contributed by atoms with van der Waals surface area (Å²) in [5.41, 5.74) is 9.46. The minimum atomic E-state index is -0.424. The number of primary amides is 1. The number of nitrogens with two attached hydrogens (primary N) is 1. The number of benzene rings is 1. The van der Waals surface area contributed by atoms with Gasteiger partial charge in [0.05, 0.1) is 16.6 Å². The fourth-order valence-corrected chi connectivity index (χ4v) is 3.89. The second kappa shape index (κ2) is 8.47. The lowest BCUT2D eigenvalue weighted by atomic mass is 10.0. The summed E-state index contributed by atoms with van der Waals surface area (Å²) >= 11 is 0. The molecule has 0 atom stereocenters. The first-order valence-corrected chi connectivity index (χ1v) is 10.5. The van der Waals surface area contributed by atoms with Crippen LogP contribution in [0.25, 0.3) is 11.1 Å². The molecule has 0 aliphatic carbocycles. The Kier molecular flexibility index (Phi) is 5.73. The van der Waals surface area contributed by atoms with Gasteiger partial charge in [0.1, 0.15) is 0 Å². The standard InChI is InChI=1S/C23H27N5O3/c1-14(2)19-12-18(20-15(3)26-31-22(20)25-19)23(30)28-10-8-27(9-11-28)13-16-4-6-17(7-5-16)21(24)29/h4-7,12,14H,8-11,13H2,1-3H3,(H2,24,29). The number of amides is 2. The topological polar surface area (TPSA) is 106 Å². The molecule has 3 heterocycles. The van der Waals surface area contributed by atoms with Crippen LogP contribution in [0.5, 0.6) is 0 Å². The molecule has 2 N–H and O–H groups in total. The van der Waals surface area contributed by atoms with Gasteiger partial charge < -0.3 is 15.2 Å². The number of aryl methyl sites for hydroxylation is 1. The van der Waals surface area contributed by atoms with Crippen LogP contribution in [0.3, 0.4) is 0 Å². The molecule has 1 aliphatic heterocycles. The first kappa shape index (κ1) is 21.0. The summed E-state index contributed by atoms with van der Waals surface area (Å²) in [6.07, 6.45) is 0. The number of fused-ring (bicyclic) bond motifs is 1. The molecule has 0 saturated carbocycles. The Hall–Kier alpha value is -3.26. The van der Waals surface area contributed by atoms with Gasteiger partial charge in [0.15, 0.2) is 0 Å². The van der Waals surface area contributed by atoms with Gasteiger partial charge in [0.25, 0.3) is 11.6 Å². The highest BCUT2D eigenvalue weighted by Crippen LogP contribution is 2.26. The predicted octanol–water partition coefficient (Wildman–Crippen LogP) is 2.71. The minimum Gasteiger partial charge on any atom is -0.366 e. The van der Waals surface area contributed by atoms with E-state index in [9.17, 15) is 9.59 Å². The van der Waals surface area contributed by atoms with Crippen LogP contribution in [0, 0.1) is 6.92 Å². The van der Waals surface area contributed by atoms with Gasteiger partial charge >= 0.3 is 0 Å². The highest BCUT2D eigenvalue weighted by molar-refractivity contribution is 6.06. The first-order chi connectivity index (χ1) is 14.8. The van der Waals surface area contributed by atoms with Crippen LogP contribution in [-0.4, -0.2) is 57.9 Å². The highest BCUT2D eigenvalue weighted by Gasteiger charge is 2.26. The van der Waals surface area contributed by atoms with E-state index < -0.39 is 5.91 Å². The molecule has 31 heavy (non-hydrogen) atoms. The quantitative estimate of drug-likeness (QED) is 0.679.